The molecule has 1 heterocycles. The number of benzene rings is 2. The van der Waals surface area contributed by atoms with Gasteiger partial charge in [0.25, 0.3) is 11.6 Å². The Kier molecular flexibility index (Phi) is 3.07. The second kappa shape index (κ2) is 5.04. The van der Waals surface area contributed by atoms with Crippen LogP contribution in [0.15, 0.2) is 48.5 Å². The number of carbonyl (C=O) groups excluding carboxylic acids is 1. The zero-order chi connectivity index (χ0) is 14.8. The van der Waals surface area contributed by atoms with E-state index in [0.29, 0.717) is 11.1 Å². The number of aromatic amines is 1. The molecular weight excluding hydrogens is 272 g/mol. The number of para-hydroxylation sites is 1. The van der Waals surface area contributed by atoms with Crippen LogP contribution in [0.25, 0.3) is 10.9 Å². The molecule has 3 aromatic rings. The van der Waals surface area contributed by atoms with Crippen LogP contribution in [-0.2, 0) is 0 Å². The first-order chi connectivity index (χ1) is 10.1. The number of aromatic nitrogens is 2. The van der Waals surface area contributed by atoms with Crippen LogP contribution in [0.3, 0.4) is 0 Å². The zero-order valence-corrected chi connectivity index (χ0v) is 10.7. The average Bonchev–Trinajstić information content (AvgIpc) is 2.91. The highest BCUT2D eigenvalue weighted by Crippen LogP contribution is 2.20. The van der Waals surface area contributed by atoms with E-state index in [9.17, 15) is 14.9 Å². The van der Waals surface area contributed by atoms with E-state index in [-0.39, 0.29) is 11.4 Å². The summed E-state index contributed by atoms with van der Waals surface area (Å²) in [6.45, 7) is 0. The minimum Gasteiger partial charge on any atom is -0.320 e. The number of nitro groups is 1. The predicted molar refractivity (Wildman–Crippen MR) is 77.1 cm³/mol. The summed E-state index contributed by atoms with van der Waals surface area (Å²) < 4.78 is 0. The van der Waals surface area contributed by atoms with Crippen LogP contribution >= 0.6 is 0 Å². The molecular formula is C14H10N4O3. The molecule has 0 saturated carbocycles. The van der Waals surface area contributed by atoms with Gasteiger partial charge in [0.2, 0.25) is 0 Å². The fourth-order valence-electron chi connectivity index (χ4n) is 2.02. The Balaban J connectivity index is 1.90. The number of nitrogens with one attached hydrogen (secondary N) is 2. The van der Waals surface area contributed by atoms with Crippen molar-refractivity contribution in [2.45, 2.75) is 0 Å². The van der Waals surface area contributed by atoms with E-state index in [1.165, 1.54) is 18.2 Å². The molecule has 0 atom stereocenters. The van der Waals surface area contributed by atoms with Crippen molar-refractivity contribution >= 4 is 28.2 Å². The van der Waals surface area contributed by atoms with Crippen LogP contribution in [0, 0.1) is 10.1 Å². The third-order valence-electron chi connectivity index (χ3n) is 3.00. The largest absolute Gasteiger partial charge is 0.320 e. The van der Waals surface area contributed by atoms with Crippen molar-refractivity contribution in [2.24, 2.45) is 0 Å². The molecule has 21 heavy (non-hydrogen) atoms. The maximum Gasteiger partial charge on any atom is 0.276 e. The van der Waals surface area contributed by atoms with Gasteiger partial charge in [-0.25, -0.2) is 0 Å². The molecule has 1 amide bonds. The van der Waals surface area contributed by atoms with Crippen LogP contribution in [0.4, 0.5) is 11.4 Å². The van der Waals surface area contributed by atoms with Gasteiger partial charge in [-0.3, -0.25) is 20.0 Å². The van der Waals surface area contributed by atoms with Gasteiger partial charge in [-0.05, 0) is 12.1 Å². The van der Waals surface area contributed by atoms with Gasteiger partial charge in [0, 0.05) is 23.2 Å². The van der Waals surface area contributed by atoms with Crippen LogP contribution in [0.2, 0.25) is 0 Å². The molecule has 0 bridgehead atoms. The van der Waals surface area contributed by atoms with Crippen LogP contribution in [0.5, 0.6) is 0 Å². The number of rotatable bonds is 3. The third-order valence-corrected chi connectivity index (χ3v) is 3.00. The monoisotopic (exact) mass is 282 g/mol. The summed E-state index contributed by atoms with van der Waals surface area (Å²) in [5.41, 5.74) is 1.26. The fourth-order valence-corrected chi connectivity index (χ4v) is 2.02. The summed E-state index contributed by atoms with van der Waals surface area (Å²) in [5, 5.41) is 20.8. The first kappa shape index (κ1) is 12.8. The number of nitro benzene ring substituents is 1. The second-order valence-corrected chi connectivity index (χ2v) is 4.38. The number of carbonyl (C=O) groups is 1. The number of anilines is 1. The van der Waals surface area contributed by atoms with Crippen LogP contribution in [0.1, 0.15) is 10.5 Å². The Labute approximate surface area is 118 Å². The number of amides is 1. The Morgan fingerprint density at radius 1 is 1.19 bits per heavy atom. The molecule has 104 valence electrons. The molecule has 0 radical (unpaired) electrons. The van der Waals surface area contributed by atoms with E-state index in [0.717, 1.165) is 5.52 Å². The van der Waals surface area contributed by atoms with E-state index in [2.05, 4.69) is 15.5 Å². The number of H-pyrrole nitrogens is 1. The average molecular weight is 282 g/mol. The summed E-state index contributed by atoms with van der Waals surface area (Å²) >= 11 is 0. The van der Waals surface area contributed by atoms with Crippen molar-refractivity contribution in [3.63, 3.8) is 0 Å². The minimum absolute atomic E-state index is 0.0836. The fraction of sp³-hybridized carbons (Fsp3) is 0. The highest BCUT2D eigenvalue weighted by Gasteiger charge is 2.15. The van der Waals surface area contributed by atoms with E-state index < -0.39 is 10.8 Å². The number of fused-ring (bicyclic) bond motifs is 1. The van der Waals surface area contributed by atoms with Gasteiger partial charge >= 0.3 is 0 Å². The second-order valence-electron chi connectivity index (χ2n) is 4.38. The summed E-state index contributed by atoms with van der Waals surface area (Å²) in [6, 6.07) is 13.0. The predicted octanol–water partition coefficient (Wildman–Crippen LogP) is 2.72. The maximum absolute atomic E-state index is 12.2. The molecule has 0 fully saturated rings. The van der Waals surface area contributed by atoms with Crippen LogP contribution in [-0.4, -0.2) is 21.0 Å². The number of nitrogens with zero attached hydrogens (tertiary/aromatic N) is 2. The molecule has 0 unspecified atom stereocenters. The number of non-ortho nitro benzene ring substituents is 1. The molecule has 1 aromatic heterocycles. The van der Waals surface area contributed by atoms with Crippen molar-refractivity contribution in [3.8, 4) is 0 Å². The smallest absolute Gasteiger partial charge is 0.276 e. The lowest BCUT2D eigenvalue weighted by molar-refractivity contribution is -0.384. The molecule has 3 rings (SSSR count). The number of hydrogen-bond acceptors (Lipinski definition) is 4. The molecule has 0 saturated heterocycles. The summed E-state index contributed by atoms with van der Waals surface area (Å²) in [4.78, 5) is 22.4. The summed E-state index contributed by atoms with van der Waals surface area (Å²) in [6.07, 6.45) is 0. The van der Waals surface area contributed by atoms with E-state index in [4.69, 9.17) is 0 Å². The zero-order valence-electron chi connectivity index (χ0n) is 10.7. The Morgan fingerprint density at radius 2 is 2.00 bits per heavy atom. The van der Waals surface area contributed by atoms with Crippen molar-refractivity contribution < 1.29 is 9.72 Å². The van der Waals surface area contributed by atoms with Gasteiger partial charge in [-0.2, -0.15) is 5.10 Å². The van der Waals surface area contributed by atoms with Gasteiger partial charge in [0.05, 0.1) is 10.4 Å². The van der Waals surface area contributed by atoms with Crippen molar-refractivity contribution in [3.05, 3.63) is 64.3 Å². The quantitative estimate of drug-likeness (QED) is 0.569. The summed E-state index contributed by atoms with van der Waals surface area (Å²) in [7, 11) is 0. The lowest BCUT2D eigenvalue weighted by atomic mass is 10.2. The van der Waals surface area contributed by atoms with E-state index >= 15 is 0 Å². The molecule has 0 spiro atoms. The van der Waals surface area contributed by atoms with E-state index in [1.54, 1.807) is 12.1 Å². The molecule has 2 N–H and O–H groups in total. The van der Waals surface area contributed by atoms with Gasteiger partial charge in [0.15, 0.2) is 5.69 Å². The lowest BCUT2D eigenvalue weighted by Crippen LogP contribution is -2.12. The lowest BCUT2D eigenvalue weighted by Gasteiger charge is -2.03. The van der Waals surface area contributed by atoms with Gasteiger partial charge < -0.3 is 5.32 Å². The summed E-state index contributed by atoms with van der Waals surface area (Å²) in [5.74, 6) is -0.423. The maximum atomic E-state index is 12.2. The standard InChI is InChI=1S/C14H10N4O3/c19-14(13-11-6-1-2-7-12(11)16-17-13)15-9-4-3-5-10(8-9)18(20)21/h1-8H,(H,15,19)(H,16,17). The highest BCUT2D eigenvalue weighted by atomic mass is 16.6. The molecule has 2 aromatic carbocycles. The normalized spacial score (nSPS) is 10.5. The Morgan fingerprint density at radius 3 is 2.81 bits per heavy atom. The number of hydrogen-bond donors (Lipinski definition) is 2. The third kappa shape index (κ3) is 2.44. The van der Waals surface area contributed by atoms with Crippen molar-refractivity contribution in [1.82, 2.24) is 10.2 Å². The van der Waals surface area contributed by atoms with Gasteiger partial charge in [-0.15, -0.1) is 0 Å². The van der Waals surface area contributed by atoms with E-state index in [1.807, 2.05) is 18.2 Å². The topological polar surface area (TPSA) is 101 Å². The van der Waals surface area contributed by atoms with Crippen molar-refractivity contribution in [1.29, 1.82) is 0 Å². The molecule has 0 aliphatic heterocycles. The van der Waals surface area contributed by atoms with Crippen molar-refractivity contribution in [2.75, 3.05) is 5.32 Å². The first-order valence-electron chi connectivity index (χ1n) is 6.14. The minimum atomic E-state index is -0.514. The highest BCUT2D eigenvalue weighted by molar-refractivity contribution is 6.11. The molecule has 0 aliphatic rings. The Bertz CT molecular complexity index is 841. The SMILES string of the molecule is O=C(Nc1cccc([N+](=O)[O-])c1)c1n[nH]c2ccccc12. The molecule has 0 aliphatic carbocycles. The Hall–Kier alpha value is -3.22. The first-order valence-corrected chi connectivity index (χ1v) is 6.14. The molecule has 7 nitrogen and oxygen atoms in total. The molecule has 7 heteroatoms. The van der Waals surface area contributed by atoms with Gasteiger partial charge in [0.1, 0.15) is 0 Å². The van der Waals surface area contributed by atoms with Gasteiger partial charge in [-0.1, -0.05) is 24.3 Å². The van der Waals surface area contributed by atoms with Crippen LogP contribution < -0.4 is 5.32 Å².